The number of hydrogen-bond acceptors (Lipinski definition) is 4. The predicted molar refractivity (Wildman–Crippen MR) is 96.3 cm³/mol. The minimum atomic E-state index is -0.131. The fraction of sp³-hybridized carbons (Fsp3) is 0.350. The number of oxime groups is 1. The van der Waals surface area contributed by atoms with Gasteiger partial charge in [-0.1, -0.05) is 61.5 Å². The minimum Gasteiger partial charge on any atom is -0.497 e. The summed E-state index contributed by atoms with van der Waals surface area (Å²) in [5.74, 6) is 0.875. The Morgan fingerprint density at radius 3 is 2.46 bits per heavy atom. The molecule has 0 saturated heterocycles. The molecule has 0 aromatic heterocycles. The first-order valence-corrected chi connectivity index (χ1v) is 8.24. The molecule has 1 aliphatic rings. The molecule has 0 unspecified atom stereocenters. The van der Waals surface area contributed by atoms with Crippen molar-refractivity contribution in [3.05, 3.63) is 65.7 Å². The molecule has 2 aromatic carbocycles. The molecule has 0 amide bonds. The summed E-state index contributed by atoms with van der Waals surface area (Å²) >= 11 is 0. The third-order valence-electron chi connectivity index (χ3n) is 4.55. The van der Waals surface area contributed by atoms with Crippen LogP contribution in [0.3, 0.4) is 0 Å². The summed E-state index contributed by atoms with van der Waals surface area (Å²) in [7, 11) is 1.68. The van der Waals surface area contributed by atoms with Gasteiger partial charge in [-0.15, -0.1) is 0 Å². The van der Waals surface area contributed by atoms with E-state index in [1.54, 1.807) is 7.11 Å². The Kier molecular flexibility index (Phi) is 4.86. The van der Waals surface area contributed by atoms with Crippen molar-refractivity contribution in [3.63, 3.8) is 0 Å². The lowest BCUT2D eigenvalue weighted by molar-refractivity contribution is 0.0368. The molecular formula is C20H24N2O2. The molecule has 24 heavy (non-hydrogen) atoms. The van der Waals surface area contributed by atoms with Crippen LogP contribution in [-0.2, 0) is 11.4 Å². The van der Waals surface area contributed by atoms with Crippen LogP contribution in [0.15, 0.2) is 59.8 Å². The van der Waals surface area contributed by atoms with Crippen LogP contribution in [-0.4, -0.2) is 25.5 Å². The summed E-state index contributed by atoms with van der Waals surface area (Å²) in [6.45, 7) is 5.91. The lowest BCUT2D eigenvalue weighted by atomic mass is 9.79. The third kappa shape index (κ3) is 3.44. The number of hydrogen-bond donors (Lipinski definition) is 1. The van der Waals surface area contributed by atoms with E-state index in [0.717, 1.165) is 30.1 Å². The van der Waals surface area contributed by atoms with Gasteiger partial charge in [0.2, 0.25) is 0 Å². The summed E-state index contributed by atoms with van der Waals surface area (Å²) in [6, 6.07) is 18.3. The second-order valence-corrected chi connectivity index (χ2v) is 6.60. The average Bonchev–Trinajstić information content (AvgIpc) is 2.91. The fourth-order valence-corrected chi connectivity index (χ4v) is 2.92. The number of rotatable bonds is 6. The van der Waals surface area contributed by atoms with Crippen molar-refractivity contribution in [2.75, 3.05) is 13.7 Å². The van der Waals surface area contributed by atoms with E-state index in [9.17, 15) is 0 Å². The zero-order valence-electron chi connectivity index (χ0n) is 14.5. The molecule has 4 heteroatoms. The molecule has 2 aromatic rings. The van der Waals surface area contributed by atoms with Crippen LogP contribution >= 0.6 is 0 Å². The topological polar surface area (TPSA) is 42.8 Å². The van der Waals surface area contributed by atoms with Gasteiger partial charge in [0.15, 0.2) is 6.10 Å². The zero-order chi connectivity index (χ0) is 17.0. The maximum absolute atomic E-state index is 5.72. The van der Waals surface area contributed by atoms with Gasteiger partial charge >= 0.3 is 0 Å². The van der Waals surface area contributed by atoms with Gasteiger partial charge in [-0.25, -0.2) is 0 Å². The van der Waals surface area contributed by atoms with Crippen molar-refractivity contribution in [3.8, 4) is 5.75 Å². The molecule has 0 radical (unpaired) electrons. The molecule has 0 fully saturated rings. The molecule has 0 spiro atoms. The quantitative estimate of drug-likeness (QED) is 0.882. The molecule has 1 atom stereocenters. The van der Waals surface area contributed by atoms with Crippen LogP contribution in [0.2, 0.25) is 0 Å². The molecule has 3 rings (SSSR count). The predicted octanol–water partition coefficient (Wildman–Crippen LogP) is 3.61. The second-order valence-electron chi connectivity index (χ2n) is 6.60. The minimum absolute atomic E-state index is 0.0194. The first-order chi connectivity index (χ1) is 11.6. The largest absolute Gasteiger partial charge is 0.497 e. The number of nitrogens with one attached hydrogen (secondary N) is 1. The van der Waals surface area contributed by atoms with Crippen molar-refractivity contribution in [1.29, 1.82) is 0 Å². The van der Waals surface area contributed by atoms with Gasteiger partial charge in [-0.05, 0) is 23.3 Å². The van der Waals surface area contributed by atoms with Crippen LogP contribution in [0.5, 0.6) is 5.75 Å². The van der Waals surface area contributed by atoms with Gasteiger partial charge < -0.3 is 14.9 Å². The maximum Gasteiger partial charge on any atom is 0.150 e. The molecule has 126 valence electrons. The van der Waals surface area contributed by atoms with E-state index in [0.29, 0.717) is 0 Å². The fourth-order valence-electron chi connectivity index (χ4n) is 2.92. The number of nitrogens with zero attached hydrogens (tertiary/aromatic N) is 1. The highest BCUT2D eigenvalue weighted by Crippen LogP contribution is 2.34. The molecule has 1 N–H and O–H groups in total. The summed E-state index contributed by atoms with van der Waals surface area (Å²) in [5.41, 5.74) is 3.23. The Labute approximate surface area is 143 Å². The van der Waals surface area contributed by atoms with E-state index in [1.807, 2.05) is 30.3 Å². The lowest BCUT2D eigenvalue weighted by Gasteiger charge is -2.26. The van der Waals surface area contributed by atoms with Crippen LogP contribution < -0.4 is 10.1 Å². The maximum atomic E-state index is 5.72. The highest BCUT2D eigenvalue weighted by atomic mass is 16.6. The summed E-state index contributed by atoms with van der Waals surface area (Å²) in [6.07, 6.45) is 0.0194. The monoisotopic (exact) mass is 324 g/mol. The SMILES string of the molecule is COc1ccc(CNC[C@@H]2ON=C(c3ccccc3)C2(C)C)cc1. The Bertz CT molecular complexity index is 693. The van der Waals surface area contributed by atoms with Crippen molar-refractivity contribution in [1.82, 2.24) is 5.32 Å². The van der Waals surface area contributed by atoms with Crippen LogP contribution in [0.4, 0.5) is 0 Å². The van der Waals surface area contributed by atoms with Crippen molar-refractivity contribution >= 4 is 5.71 Å². The average molecular weight is 324 g/mol. The zero-order valence-corrected chi connectivity index (χ0v) is 14.5. The Morgan fingerprint density at radius 2 is 1.79 bits per heavy atom. The third-order valence-corrected chi connectivity index (χ3v) is 4.55. The molecule has 0 bridgehead atoms. The Hall–Kier alpha value is -2.33. The van der Waals surface area contributed by atoms with Crippen LogP contribution in [0, 0.1) is 5.41 Å². The van der Waals surface area contributed by atoms with E-state index >= 15 is 0 Å². The van der Waals surface area contributed by atoms with Crippen molar-refractivity contribution in [2.24, 2.45) is 10.6 Å². The second kappa shape index (κ2) is 7.05. The number of benzene rings is 2. The van der Waals surface area contributed by atoms with E-state index in [-0.39, 0.29) is 11.5 Å². The van der Waals surface area contributed by atoms with Crippen LogP contribution in [0.25, 0.3) is 0 Å². The Balaban J connectivity index is 1.57. The van der Waals surface area contributed by atoms with Gasteiger partial charge in [0.05, 0.1) is 18.2 Å². The molecule has 0 saturated carbocycles. The van der Waals surface area contributed by atoms with E-state index < -0.39 is 0 Å². The van der Waals surface area contributed by atoms with Gasteiger partial charge in [-0.2, -0.15) is 0 Å². The molecule has 0 aliphatic carbocycles. The van der Waals surface area contributed by atoms with E-state index in [2.05, 4.69) is 48.6 Å². The first kappa shape index (κ1) is 16.5. The molecular weight excluding hydrogens is 300 g/mol. The van der Waals surface area contributed by atoms with E-state index in [4.69, 9.17) is 9.57 Å². The van der Waals surface area contributed by atoms with Crippen molar-refractivity contribution < 1.29 is 9.57 Å². The van der Waals surface area contributed by atoms with Gasteiger partial charge in [0.1, 0.15) is 5.75 Å². The first-order valence-electron chi connectivity index (χ1n) is 8.24. The smallest absolute Gasteiger partial charge is 0.150 e. The van der Waals surface area contributed by atoms with Gasteiger partial charge in [0.25, 0.3) is 0 Å². The molecule has 1 aliphatic heterocycles. The summed E-state index contributed by atoms with van der Waals surface area (Å²) in [5, 5.41) is 7.82. The standard InChI is InChI=1S/C20H24N2O2/c1-20(2)18(24-22-19(20)16-7-5-4-6-8-16)14-21-13-15-9-11-17(23-3)12-10-15/h4-12,18,21H,13-14H2,1-3H3/t18-/m0/s1. The van der Waals surface area contributed by atoms with Gasteiger partial charge in [-0.3, -0.25) is 0 Å². The lowest BCUT2D eigenvalue weighted by Crippen LogP contribution is -2.40. The Morgan fingerprint density at radius 1 is 1.08 bits per heavy atom. The highest BCUT2D eigenvalue weighted by molar-refractivity contribution is 6.05. The highest BCUT2D eigenvalue weighted by Gasteiger charge is 2.42. The molecule has 4 nitrogen and oxygen atoms in total. The van der Waals surface area contributed by atoms with Crippen LogP contribution in [0.1, 0.15) is 25.0 Å². The van der Waals surface area contributed by atoms with Gasteiger partial charge in [0, 0.05) is 13.1 Å². The van der Waals surface area contributed by atoms with E-state index in [1.165, 1.54) is 5.56 Å². The summed E-state index contributed by atoms with van der Waals surface area (Å²) in [4.78, 5) is 5.72. The number of methoxy groups -OCH3 is 1. The van der Waals surface area contributed by atoms with Crippen molar-refractivity contribution in [2.45, 2.75) is 26.5 Å². The molecule has 1 heterocycles. The normalized spacial score (nSPS) is 18.8. The summed E-state index contributed by atoms with van der Waals surface area (Å²) < 4.78 is 5.18. The number of ether oxygens (including phenoxy) is 1.